The second kappa shape index (κ2) is 6.46. The lowest BCUT2D eigenvalue weighted by atomic mass is 9.68. The van der Waals surface area contributed by atoms with Crippen molar-refractivity contribution < 1.29 is 19.2 Å². The molecule has 2 unspecified atom stereocenters. The highest BCUT2D eigenvalue weighted by Gasteiger charge is 2.52. The highest BCUT2D eigenvalue weighted by atomic mass is 16.2. The van der Waals surface area contributed by atoms with Crippen LogP contribution >= 0.6 is 0 Å². The number of azo groups is 1. The largest absolute Gasteiger partial charge is 0.299 e. The van der Waals surface area contributed by atoms with Gasteiger partial charge in [-0.3, -0.25) is 19.2 Å². The smallest absolute Gasteiger partial charge is 0.167 e. The average molecular weight is 358 g/mol. The van der Waals surface area contributed by atoms with Crippen molar-refractivity contribution in [3.05, 3.63) is 0 Å². The number of carbonyl (C=O) groups is 4. The predicted molar refractivity (Wildman–Crippen MR) is 92.7 cm³/mol. The van der Waals surface area contributed by atoms with Gasteiger partial charge in [-0.1, -0.05) is 25.7 Å². The van der Waals surface area contributed by atoms with Crippen molar-refractivity contribution in [2.75, 3.05) is 0 Å². The van der Waals surface area contributed by atoms with Gasteiger partial charge < -0.3 is 0 Å². The fourth-order valence-corrected chi connectivity index (χ4v) is 5.93. The summed E-state index contributed by atoms with van der Waals surface area (Å²) < 4.78 is 0. The lowest BCUT2D eigenvalue weighted by Crippen LogP contribution is -2.47. The van der Waals surface area contributed by atoms with E-state index in [2.05, 4.69) is 10.2 Å². The molecule has 0 amide bonds. The van der Waals surface area contributed by atoms with Crippen LogP contribution in [0, 0.1) is 10.8 Å². The lowest BCUT2D eigenvalue weighted by molar-refractivity contribution is -0.138. The molecule has 0 radical (unpaired) electrons. The summed E-state index contributed by atoms with van der Waals surface area (Å²) in [5.41, 5.74) is -0.765. The van der Waals surface area contributed by atoms with Crippen LogP contribution < -0.4 is 0 Å². The van der Waals surface area contributed by atoms with E-state index in [0.29, 0.717) is 12.8 Å². The molecule has 4 fully saturated rings. The molecule has 0 N–H and O–H groups in total. The van der Waals surface area contributed by atoms with Crippen molar-refractivity contribution in [1.29, 1.82) is 0 Å². The molecule has 0 bridgehead atoms. The lowest BCUT2D eigenvalue weighted by Gasteiger charge is -2.39. The maximum atomic E-state index is 12.6. The molecule has 0 heterocycles. The van der Waals surface area contributed by atoms with E-state index in [0.717, 1.165) is 51.4 Å². The molecule has 4 aliphatic rings. The van der Waals surface area contributed by atoms with Gasteiger partial charge in [0.1, 0.15) is 23.7 Å². The molecule has 6 nitrogen and oxygen atoms in total. The zero-order valence-corrected chi connectivity index (χ0v) is 15.2. The summed E-state index contributed by atoms with van der Waals surface area (Å²) in [7, 11) is 0. The van der Waals surface area contributed by atoms with Crippen LogP contribution in [0.5, 0.6) is 0 Å². The average Bonchev–Trinajstić information content (AvgIpc) is 3.19. The van der Waals surface area contributed by atoms with Crippen molar-refractivity contribution in [3.8, 4) is 0 Å². The van der Waals surface area contributed by atoms with Gasteiger partial charge >= 0.3 is 0 Å². The molecule has 140 valence electrons. The summed E-state index contributed by atoms with van der Waals surface area (Å²) in [4.78, 5) is 49.1. The first-order valence-electron chi connectivity index (χ1n) is 9.93. The Balaban J connectivity index is 1.62. The van der Waals surface area contributed by atoms with Gasteiger partial charge in [-0.15, -0.1) is 0 Å². The summed E-state index contributed by atoms with van der Waals surface area (Å²) in [5.74, 6) is -0.275. The summed E-state index contributed by atoms with van der Waals surface area (Å²) in [6, 6.07) is -1.18. The number of ketones is 4. The SMILES string of the molecule is O=C1CC(=O)C(N=NC2C(=O)CC(=O)CC23CCCC3)C2(CCCC2)C1. The third kappa shape index (κ3) is 2.87. The van der Waals surface area contributed by atoms with Crippen molar-refractivity contribution in [2.45, 2.75) is 89.1 Å². The molecule has 0 saturated heterocycles. The van der Waals surface area contributed by atoms with Gasteiger partial charge in [0.25, 0.3) is 0 Å². The quantitative estimate of drug-likeness (QED) is 0.560. The van der Waals surface area contributed by atoms with E-state index in [-0.39, 0.29) is 46.8 Å². The highest BCUT2D eigenvalue weighted by molar-refractivity contribution is 6.06. The van der Waals surface area contributed by atoms with Gasteiger partial charge in [0.05, 0.1) is 12.8 Å². The van der Waals surface area contributed by atoms with Crippen LogP contribution in [0.1, 0.15) is 77.0 Å². The molecule has 4 saturated carbocycles. The van der Waals surface area contributed by atoms with E-state index >= 15 is 0 Å². The predicted octanol–water partition coefficient (Wildman–Crippen LogP) is 3.16. The first-order valence-corrected chi connectivity index (χ1v) is 9.93. The minimum absolute atomic E-state index is 0.00922. The zero-order chi connectivity index (χ0) is 18.4. The minimum Gasteiger partial charge on any atom is -0.299 e. The fraction of sp³-hybridized carbons (Fsp3) is 0.800. The van der Waals surface area contributed by atoms with Gasteiger partial charge in [0, 0.05) is 23.7 Å². The maximum absolute atomic E-state index is 12.6. The van der Waals surface area contributed by atoms with E-state index in [1.807, 2.05) is 0 Å². The van der Waals surface area contributed by atoms with Crippen LogP contribution in [0.4, 0.5) is 0 Å². The molecule has 2 atom stereocenters. The molecule has 26 heavy (non-hydrogen) atoms. The normalized spacial score (nSPS) is 33.8. The van der Waals surface area contributed by atoms with Crippen LogP contribution in [0.2, 0.25) is 0 Å². The third-order valence-corrected chi connectivity index (χ3v) is 7.11. The molecule has 0 aromatic carbocycles. The summed E-state index contributed by atoms with van der Waals surface area (Å²) >= 11 is 0. The monoisotopic (exact) mass is 358 g/mol. The molecule has 2 spiro atoms. The van der Waals surface area contributed by atoms with Crippen molar-refractivity contribution >= 4 is 23.1 Å². The highest BCUT2D eigenvalue weighted by Crippen LogP contribution is 2.51. The summed E-state index contributed by atoms with van der Waals surface area (Å²) in [5, 5.41) is 8.89. The Labute approximate surface area is 153 Å². The molecular weight excluding hydrogens is 332 g/mol. The Bertz CT molecular complexity index is 626. The summed E-state index contributed by atoms with van der Waals surface area (Å²) in [6.07, 6.45) is 8.04. The molecule has 0 aliphatic heterocycles. The van der Waals surface area contributed by atoms with E-state index in [4.69, 9.17) is 0 Å². The van der Waals surface area contributed by atoms with Gasteiger partial charge in [-0.25, -0.2) is 0 Å². The Hall–Kier alpha value is -1.72. The Morgan fingerprint density at radius 3 is 1.31 bits per heavy atom. The van der Waals surface area contributed by atoms with Crippen molar-refractivity contribution in [3.63, 3.8) is 0 Å². The van der Waals surface area contributed by atoms with Crippen LogP contribution in [0.25, 0.3) is 0 Å². The van der Waals surface area contributed by atoms with Crippen molar-refractivity contribution in [2.24, 2.45) is 21.1 Å². The third-order valence-electron chi connectivity index (χ3n) is 7.11. The van der Waals surface area contributed by atoms with Crippen LogP contribution in [-0.2, 0) is 19.2 Å². The molecule has 4 aliphatic carbocycles. The van der Waals surface area contributed by atoms with Crippen LogP contribution in [0.15, 0.2) is 10.2 Å². The Kier molecular flexibility index (Phi) is 4.40. The topological polar surface area (TPSA) is 93.0 Å². The standard InChI is InChI=1S/C20H26N2O4/c23-13-9-15(25)17(19(11-13)5-1-2-6-19)21-22-18-16(26)10-14(24)12-20(18)7-3-4-8-20/h17-18H,1-12H2. The van der Waals surface area contributed by atoms with Gasteiger partial charge in [0.2, 0.25) is 0 Å². The first kappa shape index (κ1) is 17.7. The number of carbonyl (C=O) groups excluding carboxylic acids is 4. The number of Topliss-reactive ketones (excluding diaryl/α,β-unsaturated/α-hetero) is 4. The summed E-state index contributed by atoms with van der Waals surface area (Å²) in [6.45, 7) is 0. The second-order valence-corrected chi connectivity index (χ2v) is 8.89. The molecule has 4 rings (SSSR count). The van der Waals surface area contributed by atoms with E-state index in [1.54, 1.807) is 0 Å². The Morgan fingerprint density at radius 2 is 0.962 bits per heavy atom. The Morgan fingerprint density at radius 1 is 0.615 bits per heavy atom. The van der Waals surface area contributed by atoms with Gasteiger partial charge in [-0.2, -0.15) is 10.2 Å². The number of hydrogen-bond donors (Lipinski definition) is 0. The zero-order valence-electron chi connectivity index (χ0n) is 15.2. The van der Waals surface area contributed by atoms with Crippen LogP contribution in [0.3, 0.4) is 0 Å². The molecule has 0 aromatic rings. The molecule has 6 heteroatoms. The fourth-order valence-electron chi connectivity index (χ4n) is 5.93. The second-order valence-electron chi connectivity index (χ2n) is 8.89. The number of hydrogen-bond acceptors (Lipinski definition) is 6. The molecular formula is C20H26N2O4. The maximum Gasteiger partial charge on any atom is 0.167 e. The minimum atomic E-state index is -0.591. The van der Waals surface area contributed by atoms with Gasteiger partial charge in [0.15, 0.2) is 11.6 Å². The van der Waals surface area contributed by atoms with E-state index < -0.39 is 12.1 Å². The number of nitrogens with zero attached hydrogens (tertiary/aromatic N) is 2. The first-order chi connectivity index (χ1) is 12.4. The van der Waals surface area contributed by atoms with Crippen LogP contribution in [-0.4, -0.2) is 35.2 Å². The molecule has 0 aromatic heterocycles. The van der Waals surface area contributed by atoms with Gasteiger partial charge in [-0.05, 0) is 25.7 Å². The van der Waals surface area contributed by atoms with Crippen molar-refractivity contribution in [1.82, 2.24) is 0 Å². The van der Waals surface area contributed by atoms with E-state index in [9.17, 15) is 19.2 Å². The number of rotatable bonds is 2. The van der Waals surface area contributed by atoms with E-state index in [1.165, 1.54) is 0 Å².